The van der Waals surface area contributed by atoms with Gasteiger partial charge in [0.05, 0.1) is 25.5 Å². The number of hydrogen-bond donors (Lipinski definition) is 1. The summed E-state index contributed by atoms with van der Waals surface area (Å²) < 4.78 is 20.6. The van der Waals surface area contributed by atoms with Crippen LogP contribution in [-0.2, 0) is 9.53 Å². The number of carbonyl (C=O) groups excluding carboxylic acids is 1. The van der Waals surface area contributed by atoms with Gasteiger partial charge in [-0.25, -0.2) is 4.39 Å². The Hall–Kier alpha value is -3.65. The van der Waals surface area contributed by atoms with Gasteiger partial charge in [0.15, 0.2) is 6.29 Å². The van der Waals surface area contributed by atoms with Gasteiger partial charge in [0.2, 0.25) is 0 Å². The number of likely N-dealkylation sites (N-methyl/N-ethyl adjacent to an activating group) is 1. The van der Waals surface area contributed by atoms with Crippen LogP contribution >= 0.6 is 0 Å². The maximum Gasteiger partial charge on any atom is 0.151 e. The van der Waals surface area contributed by atoms with Crippen molar-refractivity contribution in [3.05, 3.63) is 102 Å². The van der Waals surface area contributed by atoms with Crippen molar-refractivity contribution in [2.75, 3.05) is 33.4 Å². The minimum atomic E-state index is -0.451. The highest BCUT2D eigenvalue weighted by Gasteiger charge is 2.31. The Bertz CT molecular complexity index is 1270. The Labute approximate surface area is 210 Å². The zero-order chi connectivity index (χ0) is 24.9. The summed E-state index contributed by atoms with van der Waals surface area (Å²) in [6.07, 6.45) is 4.08. The van der Waals surface area contributed by atoms with Crippen molar-refractivity contribution in [2.45, 2.75) is 12.2 Å². The number of nitrogens with zero attached hydrogens (tertiary/aromatic N) is 3. The minimum absolute atomic E-state index is 0.292. The number of H-pyrrole nitrogens is 1. The normalized spacial score (nSPS) is 16.1. The molecule has 3 aromatic carbocycles. The van der Waals surface area contributed by atoms with Gasteiger partial charge in [-0.3, -0.25) is 14.9 Å². The molecule has 1 N–H and O–H groups in total. The molecule has 1 fully saturated rings. The van der Waals surface area contributed by atoms with E-state index in [0.29, 0.717) is 31.9 Å². The molecule has 2 heterocycles. The molecule has 0 bridgehead atoms. The average Bonchev–Trinajstić information content (AvgIpc) is 3.46. The number of rotatable bonds is 8. The summed E-state index contributed by atoms with van der Waals surface area (Å²) in [4.78, 5) is 16.4. The Morgan fingerprint density at radius 3 is 2.33 bits per heavy atom. The van der Waals surface area contributed by atoms with Gasteiger partial charge in [0.1, 0.15) is 12.0 Å². The maximum absolute atomic E-state index is 15.1. The second-order valence-electron chi connectivity index (χ2n) is 8.98. The van der Waals surface area contributed by atoms with E-state index in [-0.39, 0.29) is 11.9 Å². The number of hydrogen-bond acceptors (Lipinski definition) is 5. The van der Waals surface area contributed by atoms with Crippen LogP contribution < -0.4 is 0 Å². The lowest BCUT2D eigenvalue weighted by atomic mass is 9.94. The number of halogens is 1. The summed E-state index contributed by atoms with van der Waals surface area (Å²) in [7, 11) is 1.92. The van der Waals surface area contributed by atoms with E-state index < -0.39 is 6.17 Å². The number of carbonyl (C=O) groups is 1. The molecule has 0 aliphatic carbocycles. The molecule has 2 atom stereocenters. The fourth-order valence-corrected chi connectivity index (χ4v) is 4.91. The van der Waals surface area contributed by atoms with Crippen molar-refractivity contribution in [1.29, 1.82) is 0 Å². The molecule has 0 amide bonds. The lowest BCUT2D eigenvalue weighted by molar-refractivity contribution is -0.122. The van der Waals surface area contributed by atoms with Crippen LogP contribution in [0.15, 0.2) is 85.2 Å². The predicted octanol–water partition coefficient (Wildman–Crippen LogP) is 4.76. The van der Waals surface area contributed by atoms with E-state index in [1.165, 1.54) is 6.07 Å². The van der Waals surface area contributed by atoms with Crippen molar-refractivity contribution >= 4 is 6.29 Å². The number of morpholine rings is 1. The Kier molecular flexibility index (Phi) is 7.32. The van der Waals surface area contributed by atoms with Crippen molar-refractivity contribution in [1.82, 2.24) is 20.0 Å². The zero-order valence-electron chi connectivity index (χ0n) is 20.2. The highest BCUT2D eigenvalue weighted by molar-refractivity contribution is 5.71. The molecule has 0 radical (unpaired) electrons. The molecule has 2 unspecified atom stereocenters. The van der Waals surface area contributed by atoms with E-state index in [4.69, 9.17) is 4.74 Å². The quantitative estimate of drug-likeness (QED) is 0.366. The van der Waals surface area contributed by atoms with E-state index in [1.54, 1.807) is 12.3 Å². The fraction of sp³-hybridized carbons (Fsp3) is 0.241. The van der Waals surface area contributed by atoms with Gasteiger partial charge in [-0.2, -0.15) is 5.10 Å². The second kappa shape index (κ2) is 11.0. The summed E-state index contributed by atoms with van der Waals surface area (Å²) in [6, 6.07) is 22.9. The molecule has 1 saturated heterocycles. The average molecular weight is 485 g/mol. The van der Waals surface area contributed by atoms with Gasteiger partial charge in [-0.1, -0.05) is 60.7 Å². The first-order valence-electron chi connectivity index (χ1n) is 12.1. The third-order valence-corrected chi connectivity index (χ3v) is 6.81. The van der Waals surface area contributed by atoms with Crippen LogP contribution in [0.4, 0.5) is 4.39 Å². The molecule has 36 heavy (non-hydrogen) atoms. The van der Waals surface area contributed by atoms with Crippen molar-refractivity contribution in [3.8, 4) is 22.3 Å². The molecule has 1 aliphatic rings. The van der Waals surface area contributed by atoms with Gasteiger partial charge in [0.25, 0.3) is 0 Å². The molecule has 5 rings (SSSR count). The molecule has 6 nitrogen and oxygen atoms in total. The monoisotopic (exact) mass is 484 g/mol. The van der Waals surface area contributed by atoms with Crippen LogP contribution in [0.1, 0.15) is 17.2 Å². The zero-order valence-corrected chi connectivity index (χ0v) is 20.2. The first-order valence-corrected chi connectivity index (χ1v) is 12.1. The van der Waals surface area contributed by atoms with Crippen LogP contribution in [0.2, 0.25) is 0 Å². The lowest BCUT2D eigenvalue weighted by Gasteiger charge is -2.40. The molecule has 0 spiro atoms. The first-order chi connectivity index (χ1) is 17.7. The van der Waals surface area contributed by atoms with E-state index >= 15 is 4.39 Å². The highest BCUT2D eigenvalue weighted by Crippen LogP contribution is 2.34. The van der Waals surface area contributed by atoms with Crippen molar-refractivity contribution in [3.63, 3.8) is 0 Å². The summed E-state index contributed by atoms with van der Waals surface area (Å²) in [5.74, 6) is -0.292. The van der Waals surface area contributed by atoms with E-state index in [0.717, 1.165) is 34.1 Å². The van der Waals surface area contributed by atoms with Crippen LogP contribution in [0.3, 0.4) is 0 Å². The lowest BCUT2D eigenvalue weighted by Crippen LogP contribution is -2.53. The van der Waals surface area contributed by atoms with Gasteiger partial charge in [-0.05, 0) is 41.4 Å². The highest BCUT2D eigenvalue weighted by atomic mass is 19.1. The summed E-state index contributed by atoms with van der Waals surface area (Å²) in [5, 5.41) is 7.02. The SMILES string of the molecule is CN(C(c1cn[nH]c1)c1ccc(F)c(-c2ccc(-c3ccccc3)cc2)c1)C(C=O)N1CCOCC1. The number of benzene rings is 3. The molecule has 184 valence electrons. The summed E-state index contributed by atoms with van der Waals surface area (Å²) >= 11 is 0. The van der Waals surface area contributed by atoms with Crippen LogP contribution in [0.25, 0.3) is 22.3 Å². The first kappa shape index (κ1) is 24.1. The van der Waals surface area contributed by atoms with Crippen molar-refractivity contribution < 1.29 is 13.9 Å². The molecule has 1 aromatic heterocycles. The molecular formula is C29H29FN4O2. The van der Waals surface area contributed by atoms with E-state index in [9.17, 15) is 4.79 Å². The van der Waals surface area contributed by atoms with Crippen LogP contribution in [0.5, 0.6) is 0 Å². The number of aldehydes is 1. The topological polar surface area (TPSA) is 61.5 Å². The molecule has 7 heteroatoms. The molecular weight excluding hydrogens is 455 g/mol. The predicted molar refractivity (Wildman–Crippen MR) is 138 cm³/mol. The van der Waals surface area contributed by atoms with Gasteiger partial charge in [0, 0.05) is 30.4 Å². The van der Waals surface area contributed by atoms with E-state index in [2.05, 4.69) is 27.2 Å². The standard InChI is InChI=1S/C29H29FN4O2/c1-33(28(20-35)34-13-15-36-16-14-34)29(25-18-31-32-19-25)24-11-12-27(30)26(17-24)23-9-7-22(8-10-23)21-5-3-2-4-6-21/h2-12,17-20,28-29H,13-16H2,1H3,(H,31,32). The van der Waals surface area contributed by atoms with Crippen LogP contribution in [-0.4, -0.2) is 65.8 Å². The van der Waals surface area contributed by atoms with Gasteiger partial charge in [-0.15, -0.1) is 0 Å². The fourth-order valence-electron chi connectivity index (χ4n) is 4.91. The number of aromatic amines is 1. The Morgan fingerprint density at radius 2 is 1.67 bits per heavy atom. The van der Waals surface area contributed by atoms with Crippen molar-refractivity contribution in [2.24, 2.45) is 0 Å². The second-order valence-corrected chi connectivity index (χ2v) is 8.98. The number of ether oxygens (including phenoxy) is 1. The summed E-state index contributed by atoms with van der Waals surface area (Å²) in [5.41, 5.74) is 5.28. The maximum atomic E-state index is 15.1. The minimum Gasteiger partial charge on any atom is -0.379 e. The van der Waals surface area contributed by atoms with Gasteiger partial charge >= 0.3 is 0 Å². The molecule has 1 aliphatic heterocycles. The number of aromatic nitrogens is 2. The molecule has 4 aromatic rings. The van der Waals surface area contributed by atoms with Crippen LogP contribution in [0, 0.1) is 5.82 Å². The molecule has 0 saturated carbocycles. The smallest absolute Gasteiger partial charge is 0.151 e. The third-order valence-electron chi connectivity index (χ3n) is 6.81. The largest absolute Gasteiger partial charge is 0.379 e. The van der Waals surface area contributed by atoms with Gasteiger partial charge < -0.3 is 9.53 Å². The number of nitrogens with one attached hydrogen (secondary N) is 1. The summed E-state index contributed by atoms with van der Waals surface area (Å²) in [6.45, 7) is 2.53. The Morgan fingerprint density at radius 1 is 0.972 bits per heavy atom. The van der Waals surface area contributed by atoms with E-state index in [1.807, 2.05) is 66.7 Å². The third kappa shape index (κ3) is 4.99. The Balaban J connectivity index is 1.50.